The molecule has 1 aliphatic heterocycles. The van der Waals surface area contributed by atoms with Crippen molar-refractivity contribution < 1.29 is 9.53 Å². The first-order valence-corrected chi connectivity index (χ1v) is 10.5. The second kappa shape index (κ2) is 8.97. The van der Waals surface area contributed by atoms with Crippen LogP contribution in [0.3, 0.4) is 0 Å². The fourth-order valence-electron chi connectivity index (χ4n) is 3.39. The van der Waals surface area contributed by atoms with Crippen molar-refractivity contribution in [1.29, 1.82) is 0 Å². The second-order valence-electron chi connectivity index (χ2n) is 6.92. The van der Waals surface area contributed by atoms with Gasteiger partial charge in [-0.05, 0) is 57.4 Å². The van der Waals surface area contributed by atoms with Crippen LogP contribution in [-0.2, 0) is 18.4 Å². The average Bonchev–Trinajstić information content (AvgIpc) is 2.99. The van der Waals surface area contributed by atoms with Gasteiger partial charge in [0, 0.05) is 24.2 Å². The number of hydrogen-bond acceptors (Lipinski definition) is 5. The van der Waals surface area contributed by atoms with E-state index in [2.05, 4.69) is 24.0 Å². The molecule has 1 aliphatic rings. The van der Waals surface area contributed by atoms with E-state index >= 15 is 0 Å². The molecule has 6 nitrogen and oxygen atoms in total. The summed E-state index contributed by atoms with van der Waals surface area (Å²) in [7, 11) is 1.89. The van der Waals surface area contributed by atoms with Gasteiger partial charge in [-0.25, -0.2) is 0 Å². The fourth-order valence-corrected chi connectivity index (χ4v) is 4.31. The highest BCUT2D eigenvalue weighted by molar-refractivity contribution is 7.99. The van der Waals surface area contributed by atoms with Crippen LogP contribution in [0.1, 0.15) is 38.9 Å². The molecule has 0 N–H and O–H groups in total. The maximum Gasteiger partial charge on any atom is 0.233 e. The van der Waals surface area contributed by atoms with E-state index < -0.39 is 0 Å². The molecule has 2 heterocycles. The topological polar surface area (TPSA) is 60.3 Å². The summed E-state index contributed by atoms with van der Waals surface area (Å²) in [6, 6.07) is 7.81. The van der Waals surface area contributed by atoms with Crippen LogP contribution in [0.5, 0.6) is 5.75 Å². The number of nitrogens with zero attached hydrogens (tertiary/aromatic N) is 4. The van der Waals surface area contributed by atoms with E-state index in [4.69, 9.17) is 16.3 Å². The Morgan fingerprint density at radius 2 is 1.89 bits per heavy atom. The van der Waals surface area contributed by atoms with Crippen LogP contribution >= 0.6 is 23.4 Å². The van der Waals surface area contributed by atoms with E-state index in [9.17, 15) is 4.79 Å². The zero-order valence-corrected chi connectivity index (χ0v) is 17.5. The van der Waals surface area contributed by atoms with Gasteiger partial charge in [0.15, 0.2) is 11.0 Å². The van der Waals surface area contributed by atoms with Gasteiger partial charge < -0.3 is 14.2 Å². The number of carbonyl (C=O) groups excluding carboxylic acids is 1. The molecular weight excluding hydrogens is 384 g/mol. The molecule has 3 rings (SSSR count). The lowest BCUT2D eigenvalue weighted by Gasteiger charge is -2.39. The number of likely N-dealkylation sites (tertiary alicyclic amines) is 1. The third-order valence-electron chi connectivity index (χ3n) is 4.91. The maximum atomic E-state index is 12.7. The number of piperidine rings is 1. The summed E-state index contributed by atoms with van der Waals surface area (Å²) in [6.07, 6.45) is 3.35. The number of halogens is 1. The van der Waals surface area contributed by atoms with Gasteiger partial charge in [0.1, 0.15) is 12.4 Å². The number of hydrogen-bond donors (Lipinski definition) is 0. The molecular formula is C19H25ClN4O2S. The van der Waals surface area contributed by atoms with Crippen LogP contribution in [0.25, 0.3) is 0 Å². The van der Waals surface area contributed by atoms with Crippen molar-refractivity contribution in [2.24, 2.45) is 7.05 Å². The molecule has 2 atom stereocenters. The Bertz CT molecular complexity index is 771. The van der Waals surface area contributed by atoms with Gasteiger partial charge in [-0.2, -0.15) is 0 Å². The highest BCUT2D eigenvalue weighted by atomic mass is 35.5. The predicted molar refractivity (Wildman–Crippen MR) is 107 cm³/mol. The van der Waals surface area contributed by atoms with Crippen molar-refractivity contribution in [3.63, 3.8) is 0 Å². The minimum atomic E-state index is 0.168. The molecule has 2 unspecified atom stereocenters. The molecule has 1 aromatic heterocycles. The summed E-state index contributed by atoms with van der Waals surface area (Å²) in [5.41, 5.74) is 0. The van der Waals surface area contributed by atoms with Crippen LogP contribution < -0.4 is 4.74 Å². The number of benzene rings is 1. The summed E-state index contributed by atoms with van der Waals surface area (Å²) in [5.74, 6) is 1.97. The summed E-state index contributed by atoms with van der Waals surface area (Å²) in [6.45, 7) is 4.57. The summed E-state index contributed by atoms with van der Waals surface area (Å²) >= 11 is 7.30. The lowest BCUT2D eigenvalue weighted by Crippen LogP contribution is -2.48. The smallest absolute Gasteiger partial charge is 0.233 e. The molecule has 0 aliphatic carbocycles. The zero-order chi connectivity index (χ0) is 19.4. The van der Waals surface area contributed by atoms with Crippen LogP contribution in [0.4, 0.5) is 0 Å². The first-order valence-electron chi connectivity index (χ1n) is 9.16. The Morgan fingerprint density at radius 3 is 2.56 bits per heavy atom. The van der Waals surface area contributed by atoms with Gasteiger partial charge in [-0.1, -0.05) is 23.4 Å². The largest absolute Gasteiger partial charge is 0.486 e. The molecule has 0 bridgehead atoms. The van der Waals surface area contributed by atoms with Crippen molar-refractivity contribution in [2.45, 2.75) is 57.0 Å². The van der Waals surface area contributed by atoms with Crippen LogP contribution in [0.2, 0.25) is 5.02 Å². The Morgan fingerprint density at radius 1 is 1.22 bits per heavy atom. The number of carbonyl (C=O) groups is 1. The summed E-state index contributed by atoms with van der Waals surface area (Å²) < 4.78 is 7.60. The zero-order valence-electron chi connectivity index (χ0n) is 15.9. The molecule has 1 saturated heterocycles. The van der Waals surface area contributed by atoms with E-state index in [0.717, 1.165) is 23.7 Å². The minimum absolute atomic E-state index is 0.168. The number of thioether (sulfide) groups is 1. The molecule has 1 amide bonds. The number of amides is 1. The summed E-state index contributed by atoms with van der Waals surface area (Å²) in [4.78, 5) is 14.7. The SMILES string of the molecule is CC1CCCC(C)N1C(=O)CSc1nnc(COc2ccc(Cl)cc2)n1C. The molecule has 8 heteroatoms. The highest BCUT2D eigenvalue weighted by Crippen LogP contribution is 2.25. The molecule has 27 heavy (non-hydrogen) atoms. The Balaban J connectivity index is 1.55. The lowest BCUT2D eigenvalue weighted by molar-refractivity contribution is -0.134. The highest BCUT2D eigenvalue weighted by Gasteiger charge is 2.29. The van der Waals surface area contributed by atoms with Crippen LogP contribution in [0.15, 0.2) is 29.4 Å². The van der Waals surface area contributed by atoms with Crippen molar-refractivity contribution in [3.05, 3.63) is 35.1 Å². The van der Waals surface area contributed by atoms with Gasteiger partial charge in [0.25, 0.3) is 0 Å². The van der Waals surface area contributed by atoms with E-state index in [0.29, 0.717) is 35.3 Å². The molecule has 0 saturated carbocycles. The average molecular weight is 409 g/mol. The minimum Gasteiger partial charge on any atom is -0.486 e. The van der Waals surface area contributed by atoms with E-state index in [1.54, 1.807) is 12.1 Å². The van der Waals surface area contributed by atoms with Crippen LogP contribution in [-0.4, -0.2) is 43.4 Å². The van der Waals surface area contributed by atoms with Crippen molar-refractivity contribution >= 4 is 29.3 Å². The van der Waals surface area contributed by atoms with Gasteiger partial charge >= 0.3 is 0 Å². The third-order valence-corrected chi connectivity index (χ3v) is 6.17. The first kappa shape index (κ1) is 20.0. The van der Waals surface area contributed by atoms with E-state index in [1.807, 2.05) is 28.6 Å². The molecule has 2 aromatic rings. The van der Waals surface area contributed by atoms with Gasteiger partial charge in [0.2, 0.25) is 5.91 Å². The van der Waals surface area contributed by atoms with Crippen LogP contribution in [0, 0.1) is 0 Å². The second-order valence-corrected chi connectivity index (χ2v) is 8.30. The molecule has 1 fully saturated rings. The number of ether oxygens (including phenoxy) is 1. The standard InChI is InChI=1S/C19H25ClN4O2S/c1-13-5-4-6-14(2)24(13)18(25)12-27-19-22-21-17(23(19)3)11-26-16-9-7-15(20)8-10-16/h7-10,13-14H,4-6,11-12H2,1-3H3. The van der Waals surface area contributed by atoms with Gasteiger partial charge in [0.05, 0.1) is 5.75 Å². The quantitative estimate of drug-likeness (QED) is 0.678. The van der Waals surface area contributed by atoms with E-state index in [1.165, 1.54) is 18.2 Å². The summed E-state index contributed by atoms with van der Waals surface area (Å²) in [5, 5.41) is 9.77. The molecule has 146 valence electrons. The normalized spacial score (nSPS) is 19.9. The molecule has 1 aromatic carbocycles. The molecule has 0 spiro atoms. The Labute approximate surface area is 169 Å². The predicted octanol–water partition coefficient (Wildman–Crippen LogP) is 3.93. The van der Waals surface area contributed by atoms with Gasteiger partial charge in [-0.15, -0.1) is 10.2 Å². The fraction of sp³-hybridized carbons (Fsp3) is 0.526. The Hall–Kier alpha value is -1.73. The number of rotatable bonds is 6. The van der Waals surface area contributed by atoms with Crippen molar-refractivity contribution in [2.75, 3.05) is 5.75 Å². The third kappa shape index (κ3) is 4.96. The molecule has 0 radical (unpaired) electrons. The van der Waals surface area contributed by atoms with Crippen molar-refractivity contribution in [3.8, 4) is 5.75 Å². The lowest BCUT2D eigenvalue weighted by atomic mass is 9.98. The van der Waals surface area contributed by atoms with Crippen molar-refractivity contribution in [1.82, 2.24) is 19.7 Å². The van der Waals surface area contributed by atoms with Gasteiger partial charge in [-0.3, -0.25) is 4.79 Å². The van der Waals surface area contributed by atoms with E-state index in [-0.39, 0.29) is 5.91 Å². The first-order chi connectivity index (χ1) is 13.0. The Kier molecular flexibility index (Phi) is 6.65. The number of aromatic nitrogens is 3. The maximum absolute atomic E-state index is 12.7. The monoisotopic (exact) mass is 408 g/mol.